The van der Waals surface area contributed by atoms with E-state index in [4.69, 9.17) is 14.2 Å². The average Bonchev–Trinajstić information content (AvgIpc) is 3.12. The van der Waals surface area contributed by atoms with Crippen molar-refractivity contribution in [1.29, 1.82) is 0 Å². The molecule has 0 spiro atoms. The molecule has 40 heavy (non-hydrogen) atoms. The lowest BCUT2D eigenvalue weighted by Gasteiger charge is -2.50. The van der Waals surface area contributed by atoms with E-state index in [0.29, 0.717) is 23.9 Å². The summed E-state index contributed by atoms with van der Waals surface area (Å²) >= 11 is 0. The van der Waals surface area contributed by atoms with E-state index in [-0.39, 0.29) is 23.8 Å². The molecule has 5 nitrogen and oxygen atoms in total. The topological polar surface area (TPSA) is 61.8 Å². The molecule has 3 unspecified atom stereocenters. The van der Waals surface area contributed by atoms with Crippen LogP contribution in [0.2, 0.25) is 0 Å². The Balaban J connectivity index is 1.47. The predicted molar refractivity (Wildman–Crippen MR) is 156 cm³/mol. The van der Waals surface area contributed by atoms with Crippen LogP contribution in [-0.2, 0) is 30.9 Å². The van der Waals surface area contributed by atoms with Crippen molar-refractivity contribution in [1.82, 2.24) is 0 Å². The van der Waals surface area contributed by atoms with Gasteiger partial charge in [-0.3, -0.25) is 9.59 Å². The van der Waals surface area contributed by atoms with E-state index in [1.165, 1.54) is 30.4 Å². The number of carbonyl (C=O) groups is 2. The number of aryl methyl sites for hydroxylation is 1. The van der Waals surface area contributed by atoms with Crippen LogP contribution in [0.4, 0.5) is 0 Å². The fourth-order valence-corrected chi connectivity index (χ4v) is 10.6. The second kappa shape index (κ2) is 9.44. The molecule has 5 heteroatoms. The normalized spacial score (nSPS) is 41.0. The lowest BCUT2D eigenvalue weighted by molar-refractivity contribution is -0.149. The molecule has 218 valence electrons. The first-order chi connectivity index (χ1) is 19.1. The van der Waals surface area contributed by atoms with Crippen LogP contribution in [0.1, 0.15) is 109 Å². The van der Waals surface area contributed by atoms with Crippen molar-refractivity contribution < 1.29 is 23.8 Å². The maximum Gasteiger partial charge on any atom is 0.318 e. The molecule has 0 bridgehead atoms. The van der Waals surface area contributed by atoms with E-state index in [1.807, 2.05) is 21.0 Å². The van der Waals surface area contributed by atoms with Gasteiger partial charge in [0.2, 0.25) is 0 Å². The van der Waals surface area contributed by atoms with Crippen LogP contribution in [0.5, 0.6) is 5.75 Å². The molecule has 0 saturated heterocycles. The van der Waals surface area contributed by atoms with Crippen molar-refractivity contribution in [2.24, 2.45) is 28.1 Å². The number of unbranched alkanes of at least 4 members (excludes halogenated alkanes) is 1. The molecule has 1 aromatic carbocycles. The molecule has 0 amide bonds. The summed E-state index contributed by atoms with van der Waals surface area (Å²) in [7, 11) is 3.57. The molecule has 0 heterocycles. The fourth-order valence-electron chi connectivity index (χ4n) is 10.6. The van der Waals surface area contributed by atoms with Gasteiger partial charge in [-0.25, -0.2) is 0 Å². The molecule has 0 aliphatic heterocycles. The van der Waals surface area contributed by atoms with E-state index in [1.54, 1.807) is 7.11 Å². The number of Topliss-reactive ketones (excluding diaryl/α,β-unsaturated/α-hetero) is 1. The highest BCUT2D eigenvalue weighted by Crippen LogP contribution is 2.84. The number of methoxy groups -OCH3 is 2. The third-order valence-corrected chi connectivity index (χ3v) is 12.7. The quantitative estimate of drug-likeness (QED) is 0.325. The zero-order valence-corrected chi connectivity index (χ0v) is 25.7. The predicted octanol–water partition coefficient (Wildman–Crippen LogP) is 7.09. The minimum atomic E-state index is -1.08. The number of hydrogen-bond acceptors (Lipinski definition) is 5. The lowest BCUT2D eigenvalue weighted by Crippen LogP contribution is -2.44. The van der Waals surface area contributed by atoms with Gasteiger partial charge in [0.25, 0.3) is 0 Å². The van der Waals surface area contributed by atoms with Gasteiger partial charge in [0, 0.05) is 18.1 Å². The van der Waals surface area contributed by atoms with Crippen molar-refractivity contribution in [3.8, 4) is 5.75 Å². The van der Waals surface area contributed by atoms with Crippen LogP contribution in [0.25, 0.3) is 0 Å². The first kappa shape index (κ1) is 28.0. The summed E-state index contributed by atoms with van der Waals surface area (Å²) in [4.78, 5) is 28.2. The summed E-state index contributed by atoms with van der Waals surface area (Å²) in [6.45, 7) is 10.8. The van der Waals surface area contributed by atoms with Gasteiger partial charge < -0.3 is 14.2 Å². The number of ketones is 1. The zero-order valence-electron chi connectivity index (χ0n) is 25.7. The van der Waals surface area contributed by atoms with Gasteiger partial charge in [-0.1, -0.05) is 39.3 Å². The number of hydrogen-bond donors (Lipinski definition) is 0. The Bertz CT molecular complexity index is 1260. The first-order valence-electron chi connectivity index (χ1n) is 15.8. The Morgan fingerprint density at radius 3 is 2.45 bits per heavy atom. The summed E-state index contributed by atoms with van der Waals surface area (Å²) in [5.74, 6) is 2.29. The fraction of sp³-hybridized carbons (Fsp3) is 0.714. The summed E-state index contributed by atoms with van der Waals surface area (Å²) in [6.07, 6.45) is 12.2. The minimum Gasteiger partial charge on any atom is -0.496 e. The summed E-state index contributed by atoms with van der Waals surface area (Å²) < 4.78 is 17.8. The molecule has 3 fully saturated rings. The SMILES string of the molecule is CCCCC1=CC2(C)C(C)(C1=O)C2(C(=O)OCC)c1cc2c(cc1OC)CC[C@@H]1[C@@H]2CC[C@]2(C)[C@@H](OC)CC[C@@H]12. The van der Waals surface area contributed by atoms with Crippen LogP contribution < -0.4 is 4.74 Å². The largest absolute Gasteiger partial charge is 0.496 e. The second-order valence-corrected chi connectivity index (χ2v) is 13.9. The zero-order chi connectivity index (χ0) is 28.7. The Kier molecular flexibility index (Phi) is 6.61. The van der Waals surface area contributed by atoms with Crippen molar-refractivity contribution in [3.05, 3.63) is 40.5 Å². The Morgan fingerprint density at radius 2 is 1.82 bits per heavy atom. The summed E-state index contributed by atoms with van der Waals surface area (Å²) in [6, 6.07) is 4.48. The van der Waals surface area contributed by atoms with Crippen LogP contribution in [-0.4, -0.2) is 38.7 Å². The smallest absolute Gasteiger partial charge is 0.318 e. The van der Waals surface area contributed by atoms with E-state index < -0.39 is 16.2 Å². The van der Waals surface area contributed by atoms with Crippen LogP contribution >= 0.6 is 0 Å². The van der Waals surface area contributed by atoms with Crippen molar-refractivity contribution in [2.75, 3.05) is 20.8 Å². The monoisotopic (exact) mass is 548 g/mol. The van der Waals surface area contributed by atoms with Gasteiger partial charge >= 0.3 is 5.97 Å². The van der Waals surface area contributed by atoms with Crippen LogP contribution in [0.15, 0.2) is 23.8 Å². The Hall–Kier alpha value is -2.14. The van der Waals surface area contributed by atoms with Gasteiger partial charge in [-0.15, -0.1) is 0 Å². The maximum atomic E-state index is 14.1. The number of ether oxygens (including phenoxy) is 3. The van der Waals surface area contributed by atoms with Crippen LogP contribution in [0, 0.1) is 28.1 Å². The van der Waals surface area contributed by atoms with Gasteiger partial charge in [-0.2, -0.15) is 0 Å². The van der Waals surface area contributed by atoms with Crippen LogP contribution in [0.3, 0.4) is 0 Å². The molecule has 0 N–H and O–H groups in total. The second-order valence-electron chi connectivity index (χ2n) is 13.9. The lowest BCUT2D eigenvalue weighted by atomic mass is 9.55. The van der Waals surface area contributed by atoms with E-state index in [2.05, 4.69) is 39.0 Å². The molecule has 6 rings (SSSR count). The van der Waals surface area contributed by atoms with Gasteiger partial charge in [0.1, 0.15) is 11.2 Å². The van der Waals surface area contributed by atoms with Gasteiger partial charge in [0.05, 0.1) is 25.2 Å². The molecule has 8 atom stereocenters. The molecule has 0 aromatic heterocycles. The standard InChI is InChI=1S/C35H48O5/c1-8-10-11-22-20-33(4)34(5,30(22)36)35(33,31(37)40-9-2)27-19-25-21(18-28(27)38-6)12-13-24-23(25)16-17-32(3)26(24)14-15-29(32)39-7/h18-20,23-24,26,29H,8-17H2,1-7H3/t23-,24+,26-,29-,32-,33?,34?,35?/m0/s1. The first-order valence-corrected chi connectivity index (χ1v) is 15.8. The molecule has 3 saturated carbocycles. The molecule has 0 radical (unpaired) electrons. The Morgan fingerprint density at radius 1 is 1.05 bits per heavy atom. The third kappa shape index (κ3) is 3.19. The highest BCUT2D eigenvalue weighted by molar-refractivity contribution is 6.16. The molecule has 5 aliphatic carbocycles. The van der Waals surface area contributed by atoms with Crippen molar-refractivity contribution in [2.45, 2.75) is 110 Å². The molecular formula is C35H48O5. The highest BCUT2D eigenvalue weighted by Gasteiger charge is 2.91. The van der Waals surface area contributed by atoms with Gasteiger partial charge in [0.15, 0.2) is 5.78 Å². The highest BCUT2D eigenvalue weighted by atomic mass is 16.5. The molecular weight excluding hydrogens is 500 g/mol. The maximum absolute atomic E-state index is 14.1. The number of rotatable bonds is 8. The average molecular weight is 549 g/mol. The number of carbonyl (C=O) groups excluding carboxylic acids is 2. The summed E-state index contributed by atoms with van der Waals surface area (Å²) in [5, 5.41) is 0. The molecule has 1 aromatic rings. The summed E-state index contributed by atoms with van der Waals surface area (Å²) in [5.41, 5.74) is 2.12. The van der Waals surface area contributed by atoms with Gasteiger partial charge in [-0.05, 0) is 111 Å². The van der Waals surface area contributed by atoms with Crippen molar-refractivity contribution >= 4 is 11.8 Å². The Labute approximate surface area is 240 Å². The molecule has 5 aliphatic rings. The third-order valence-electron chi connectivity index (χ3n) is 12.7. The van der Waals surface area contributed by atoms with Crippen molar-refractivity contribution in [3.63, 3.8) is 0 Å². The minimum absolute atomic E-state index is 0.110. The number of esters is 1. The van der Waals surface area contributed by atoms with E-state index in [9.17, 15) is 9.59 Å². The van der Waals surface area contributed by atoms with E-state index >= 15 is 0 Å². The number of fused-ring (bicyclic) bond motifs is 6. The number of allylic oxidation sites excluding steroid dienone is 2. The number of benzene rings is 1. The van der Waals surface area contributed by atoms with E-state index in [0.717, 1.165) is 55.4 Å².